The molecule has 8 heteroatoms. The van der Waals surface area contributed by atoms with Crippen LogP contribution in [0.5, 0.6) is 0 Å². The van der Waals surface area contributed by atoms with Crippen molar-refractivity contribution >= 4 is 29.0 Å². The molecule has 0 aromatic carbocycles. The van der Waals surface area contributed by atoms with E-state index in [1.54, 1.807) is 0 Å². The smallest absolute Gasteiger partial charge is 0.245 e. The van der Waals surface area contributed by atoms with Crippen molar-refractivity contribution in [3.8, 4) is 0 Å². The van der Waals surface area contributed by atoms with E-state index in [0.717, 1.165) is 26.2 Å². The number of nitrogens with zero attached hydrogens (tertiary/aromatic N) is 5. The van der Waals surface area contributed by atoms with E-state index in [2.05, 4.69) is 20.1 Å². The second kappa shape index (κ2) is 5.77. The van der Waals surface area contributed by atoms with Crippen molar-refractivity contribution in [2.75, 3.05) is 44.2 Å². The standard InChI is InChI=1S/C9H13Cl2N5O/c10-7-8(12-9(11)14-13-7)16-3-1-15(2-4-16)5-6-17/h17H,1-6H2. The first-order chi connectivity index (χ1) is 8.20. The Morgan fingerprint density at radius 2 is 1.82 bits per heavy atom. The molecular weight excluding hydrogens is 265 g/mol. The summed E-state index contributed by atoms with van der Waals surface area (Å²) in [7, 11) is 0. The lowest BCUT2D eigenvalue weighted by molar-refractivity contribution is 0.188. The molecule has 0 aliphatic carbocycles. The minimum absolute atomic E-state index is 0.0992. The molecule has 1 aromatic heterocycles. The third-order valence-electron chi connectivity index (χ3n) is 2.69. The van der Waals surface area contributed by atoms with E-state index in [0.29, 0.717) is 12.4 Å². The number of hydrogen-bond acceptors (Lipinski definition) is 6. The van der Waals surface area contributed by atoms with Gasteiger partial charge in [-0.3, -0.25) is 4.90 Å². The summed E-state index contributed by atoms with van der Waals surface area (Å²) in [4.78, 5) is 8.29. The molecule has 0 atom stereocenters. The first-order valence-electron chi connectivity index (χ1n) is 5.34. The lowest BCUT2D eigenvalue weighted by Crippen LogP contribution is -2.47. The predicted octanol–water partition coefficient (Wildman–Crippen LogP) is 0.293. The van der Waals surface area contributed by atoms with Crippen LogP contribution in [0.1, 0.15) is 0 Å². The Hall–Kier alpha value is -0.690. The molecule has 0 saturated carbocycles. The molecule has 2 rings (SSSR count). The van der Waals surface area contributed by atoms with Gasteiger partial charge in [0.05, 0.1) is 6.61 Å². The van der Waals surface area contributed by atoms with Crippen LogP contribution in [0.2, 0.25) is 10.4 Å². The van der Waals surface area contributed by atoms with E-state index < -0.39 is 0 Å². The van der Waals surface area contributed by atoms with Crippen molar-refractivity contribution in [3.05, 3.63) is 10.4 Å². The molecule has 0 bridgehead atoms. The van der Waals surface area contributed by atoms with Crippen LogP contribution in [0.25, 0.3) is 0 Å². The Morgan fingerprint density at radius 3 is 2.47 bits per heavy atom. The van der Waals surface area contributed by atoms with Crippen LogP contribution in [-0.4, -0.2) is 64.5 Å². The summed E-state index contributed by atoms with van der Waals surface area (Å²) in [6.45, 7) is 4.17. The lowest BCUT2D eigenvalue weighted by atomic mass is 10.3. The molecule has 6 nitrogen and oxygen atoms in total. The summed E-state index contributed by atoms with van der Waals surface area (Å²) >= 11 is 11.6. The summed E-state index contributed by atoms with van der Waals surface area (Å²) in [5.41, 5.74) is 0. The van der Waals surface area contributed by atoms with Crippen LogP contribution in [0.15, 0.2) is 0 Å². The highest BCUT2D eigenvalue weighted by Crippen LogP contribution is 2.22. The molecular formula is C9H13Cl2N5O. The first kappa shape index (κ1) is 12.8. The molecule has 2 heterocycles. The zero-order valence-corrected chi connectivity index (χ0v) is 10.7. The van der Waals surface area contributed by atoms with E-state index in [1.807, 2.05) is 4.90 Å². The Bertz CT molecular complexity index is 384. The van der Waals surface area contributed by atoms with Crippen LogP contribution >= 0.6 is 23.2 Å². The molecule has 94 valence electrons. The number of aliphatic hydroxyl groups is 1. The largest absolute Gasteiger partial charge is 0.395 e. The predicted molar refractivity (Wildman–Crippen MR) is 65.6 cm³/mol. The van der Waals surface area contributed by atoms with Gasteiger partial charge in [-0.2, -0.15) is 4.98 Å². The van der Waals surface area contributed by atoms with Gasteiger partial charge in [0.25, 0.3) is 0 Å². The summed E-state index contributed by atoms with van der Waals surface area (Å²) in [5, 5.41) is 16.5. The summed E-state index contributed by atoms with van der Waals surface area (Å²) < 4.78 is 0. The first-order valence-corrected chi connectivity index (χ1v) is 6.10. The minimum atomic E-state index is 0.0992. The highest BCUT2D eigenvalue weighted by atomic mass is 35.5. The van der Waals surface area contributed by atoms with Gasteiger partial charge in [-0.05, 0) is 11.6 Å². The number of hydrogen-bond donors (Lipinski definition) is 1. The van der Waals surface area contributed by atoms with Gasteiger partial charge in [0, 0.05) is 32.7 Å². The van der Waals surface area contributed by atoms with Crippen molar-refractivity contribution in [2.24, 2.45) is 0 Å². The average Bonchev–Trinajstić information content (AvgIpc) is 2.34. The van der Waals surface area contributed by atoms with Crippen molar-refractivity contribution in [1.82, 2.24) is 20.1 Å². The van der Waals surface area contributed by atoms with E-state index in [4.69, 9.17) is 28.3 Å². The fraction of sp³-hybridized carbons (Fsp3) is 0.667. The quantitative estimate of drug-likeness (QED) is 0.857. The van der Waals surface area contributed by atoms with Crippen LogP contribution in [0.4, 0.5) is 5.82 Å². The van der Waals surface area contributed by atoms with E-state index in [9.17, 15) is 0 Å². The maximum absolute atomic E-state index is 8.86. The van der Waals surface area contributed by atoms with Gasteiger partial charge in [0.2, 0.25) is 5.28 Å². The lowest BCUT2D eigenvalue weighted by Gasteiger charge is -2.34. The Morgan fingerprint density at radius 1 is 1.12 bits per heavy atom. The van der Waals surface area contributed by atoms with Crippen molar-refractivity contribution in [3.63, 3.8) is 0 Å². The van der Waals surface area contributed by atoms with Gasteiger partial charge in [-0.15, -0.1) is 10.2 Å². The van der Waals surface area contributed by atoms with Crippen LogP contribution in [0.3, 0.4) is 0 Å². The highest BCUT2D eigenvalue weighted by molar-refractivity contribution is 6.32. The molecule has 0 spiro atoms. The normalized spacial score (nSPS) is 17.5. The number of piperazine rings is 1. The van der Waals surface area contributed by atoms with Crippen molar-refractivity contribution < 1.29 is 5.11 Å². The number of aromatic nitrogens is 3. The summed E-state index contributed by atoms with van der Waals surface area (Å²) in [6.07, 6.45) is 0. The van der Waals surface area contributed by atoms with Crippen LogP contribution in [-0.2, 0) is 0 Å². The fourth-order valence-corrected chi connectivity index (χ4v) is 2.13. The maximum atomic E-state index is 8.86. The number of halogens is 2. The van der Waals surface area contributed by atoms with Crippen molar-refractivity contribution in [1.29, 1.82) is 0 Å². The van der Waals surface area contributed by atoms with Gasteiger partial charge in [-0.1, -0.05) is 11.6 Å². The van der Waals surface area contributed by atoms with Gasteiger partial charge in [0.15, 0.2) is 11.0 Å². The molecule has 0 radical (unpaired) electrons. The maximum Gasteiger partial charge on any atom is 0.245 e. The van der Waals surface area contributed by atoms with Gasteiger partial charge in [-0.25, -0.2) is 0 Å². The zero-order valence-electron chi connectivity index (χ0n) is 9.18. The molecule has 1 N–H and O–H groups in total. The van der Waals surface area contributed by atoms with E-state index in [1.165, 1.54) is 0 Å². The van der Waals surface area contributed by atoms with Crippen LogP contribution < -0.4 is 4.90 Å². The second-order valence-corrected chi connectivity index (χ2v) is 4.44. The summed E-state index contributed by atoms with van der Waals surface area (Å²) in [6, 6.07) is 0. The molecule has 1 aliphatic rings. The summed E-state index contributed by atoms with van der Waals surface area (Å²) in [5.74, 6) is 0.579. The number of β-amino-alcohol motifs (C(OH)–C–C–N with tert-alkyl or cyclic N) is 1. The van der Waals surface area contributed by atoms with Gasteiger partial charge in [0.1, 0.15) is 0 Å². The van der Waals surface area contributed by atoms with E-state index >= 15 is 0 Å². The molecule has 0 unspecified atom stereocenters. The molecule has 17 heavy (non-hydrogen) atoms. The fourth-order valence-electron chi connectivity index (χ4n) is 1.81. The zero-order chi connectivity index (χ0) is 12.3. The average molecular weight is 278 g/mol. The number of aliphatic hydroxyl groups excluding tert-OH is 1. The highest BCUT2D eigenvalue weighted by Gasteiger charge is 2.20. The Labute approximate surface area is 109 Å². The molecule has 0 amide bonds. The van der Waals surface area contributed by atoms with E-state index in [-0.39, 0.29) is 17.0 Å². The number of anilines is 1. The van der Waals surface area contributed by atoms with Gasteiger partial charge >= 0.3 is 0 Å². The van der Waals surface area contributed by atoms with Crippen LogP contribution in [0, 0.1) is 0 Å². The van der Waals surface area contributed by atoms with Gasteiger partial charge < -0.3 is 10.0 Å². The second-order valence-electron chi connectivity index (χ2n) is 3.75. The number of rotatable bonds is 3. The van der Waals surface area contributed by atoms with Crippen molar-refractivity contribution in [2.45, 2.75) is 0 Å². The third kappa shape index (κ3) is 3.16. The third-order valence-corrected chi connectivity index (χ3v) is 3.10. The minimum Gasteiger partial charge on any atom is -0.395 e. The SMILES string of the molecule is OCCN1CCN(c2nc(Cl)nnc2Cl)CC1. The monoisotopic (exact) mass is 277 g/mol. The topological polar surface area (TPSA) is 65.4 Å². The molecule has 1 fully saturated rings. The molecule has 1 aliphatic heterocycles. The Balaban J connectivity index is 2.02. The Kier molecular flexibility index (Phi) is 4.33. The molecule has 1 aromatic rings. The molecule has 1 saturated heterocycles.